The number of thioether (sulfide) groups is 2. The van der Waals surface area contributed by atoms with Crippen LogP contribution in [0.25, 0.3) is 0 Å². The van der Waals surface area contributed by atoms with E-state index in [-0.39, 0.29) is 5.95 Å². The fraction of sp³-hybridized carbons (Fsp3) is 0.417. The van der Waals surface area contributed by atoms with E-state index in [0.29, 0.717) is 20.9 Å². The molecule has 1 aliphatic carbocycles. The summed E-state index contributed by atoms with van der Waals surface area (Å²) >= 11 is 3.03. The third-order valence-corrected chi connectivity index (χ3v) is 4.53. The van der Waals surface area contributed by atoms with E-state index in [1.165, 1.54) is 18.2 Å². The Kier molecular flexibility index (Phi) is 4.50. The maximum atomic E-state index is 9.24. The Bertz CT molecular complexity index is 508. The van der Waals surface area contributed by atoms with Crippen LogP contribution in [0.15, 0.2) is 22.2 Å². The van der Waals surface area contributed by atoms with Gasteiger partial charge in [-0.2, -0.15) is 5.26 Å². The van der Waals surface area contributed by atoms with Crippen LogP contribution >= 0.6 is 23.5 Å². The van der Waals surface area contributed by atoms with Crippen LogP contribution in [0.3, 0.4) is 0 Å². The third-order valence-electron chi connectivity index (χ3n) is 2.64. The summed E-state index contributed by atoms with van der Waals surface area (Å²) in [5.74, 6) is 0.237. The van der Waals surface area contributed by atoms with Crippen LogP contribution in [0.2, 0.25) is 0 Å². The van der Waals surface area contributed by atoms with Crippen molar-refractivity contribution in [2.24, 2.45) is 0 Å². The number of allylic oxidation sites excluding steroid dienone is 1. The minimum Gasteiger partial charge on any atom is -0.368 e. The zero-order valence-corrected chi connectivity index (χ0v) is 11.7. The standard InChI is InChI=1S/C12H14N4S2/c1-17-10-9(7-13)11(16-12(14)15-10)18-8-5-3-2-4-6-8/h3,5,8H,2,4,6H2,1H3,(H2,14,15,16)/t8-/m1/s1. The number of hydrogen-bond donors (Lipinski definition) is 1. The molecule has 0 fully saturated rings. The van der Waals surface area contributed by atoms with E-state index in [4.69, 9.17) is 5.73 Å². The SMILES string of the molecule is CSc1nc(N)nc(S[C@@H]2C=CCCC2)c1C#N. The molecule has 0 spiro atoms. The molecule has 1 aliphatic rings. The zero-order valence-electron chi connectivity index (χ0n) is 10.1. The summed E-state index contributed by atoms with van der Waals surface area (Å²) < 4.78 is 0. The summed E-state index contributed by atoms with van der Waals surface area (Å²) in [5.41, 5.74) is 6.23. The quantitative estimate of drug-likeness (QED) is 0.520. The van der Waals surface area contributed by atoms with Gasteiger partial charge in [0.1, 0.15) is 21.7 Å². The highest BCUT2D eigenvalue weighted by Crippen LogP contribution is 2.33. The molecule has 1 aromatic heterocycles. The van der Waals surface area contributed by atoms with Crippen LogP contribution in [0.4, 0.5) is 5.95 Å². The van der Waals surface area contributed by atoms with Gasteiger partial charge in [-0.05, 0) is 25.5 Å². The summed E-state index contributed by atoms with van der Waals surface area (Å²) in [6.07, 6.45) is 9.71. The Morgan fingerprint density at radius 2 is 2.22 bits per heavy atom. The van der Waals surface area contributed by atoms with Gasteiger partial charge < -0.3 is 5.73 Å². The topological polar surface area (TPSA) is 75.6 Å². The molecule has 1 atom stereocenters. The van der Waals surface area contributed by atoms with Crippen LogP contribution < -0.4 is 5.73 Å². The number of nitrogen functional groups attached to an aromatic ring is 1. The van der Waals surface area contributed by atoms with Crippen molar-refractivity contribution < 1.29 is 0 Å². The number of hydrogen-bond acceptors (Lipinski definition) is 6. The Morgan fingerprint density at radius 1 is 1.44 bits per heavy atom. The maximum absolute atomic E-state index is 9.24. The number of nitrogens with zero attached hydrogens (tertiary/aromatic N) is 3. The highest BCUT2D eigenvalue weighted by molar-refractivity contribution is 8.00. The predicted molar refractivity (Wildman–Crippen MR) is 75.6 cm³/mol. The molecule has 2 rings (SSSR count). The largest absolute Gasteiger partial charge is 0.368 e. The Morgan fingerprint density at radius 3 is 2.83 bits per heavy atom. The molecule has 18 heavy (non-hydrogen) atoms. The van der Waals surface area contributed by atoms with Crippen molar-refractivity contribution in [2.75, 3.05) is 12.0 Å². The molecule has 0 aliphatic heterocycles. The lowest BCUT2D eigenvalue weighted by molar-refractivity contribution is 0.739. The fourth-order valence-electron chi connectivity index (χ4n) is 1.79. The minimum atomic E-state index is 0.237. The van der Waals surface area contributed by atoms with E-state index in [0.717, 1.165) is 12.8 Å². The highest BCUT2D eigenvalue weighted by Gasteiger charge is 2.17. The van der Waals surface area contributed by atoms with Crippen LogP contribution in [-0.4, -0.2) is 21.5 Å². The first-order valence-electron chi connectivity index (χ1n) is 5.69. The molecule has 0 aromatic carbocycles. The van der Waals surface area contributed by atoms with Gasteiger partial charge in [-0.25, -0.2) is 9.97 Å². The smallest absolute Gasteiger partial charge is 0.222 e. The molecular formula is C12H14N4S2. The molecule has 2 N–H and O–H groups in total. The number of nitrogens with two attached hydrogens (primary N) is 1. The second kappa shape index (κ2) is 6.12. The van der Waals surface area contributed by atoms with E-state index in [1.807, 2.05) is 6.26 Å². The van der Waals surface area contributed by atoms with Crippen LogP contribution in [0, 0.1) is 11.3 Å². The fourth-order valence-corrected chi connectivity index (χ4v) is 3.55. The number of anilines is 1. The molecule has 4 nitrogen and oxygen atoms in total. The Labute approximate surface area is 115 Å². The van der Waals surface area contributed by atoms with Gasteiger partial charge >= 0.3 is 0 Å². The highest BCUT2D eigenvalue weighted by atomic mass is 32.2. The van der Waals surface area contributed by atoms with Crippen molar-refractivity contribution >= 4 is 29.5 Å². The predicted octanol–water partition coefficient (Wildman–Crippen LogP) is 2.85. The summed E-state index contributed by atoms with van der Waals surface area (Å²) in [5, 5.41) is 11.0. The van der Waals surface area contributed by atoms with Gasteiger partial charge in [0.15, 0.2) is 0 Å². The van der Waals surface area contributed by atoms with Gasteiger partial charge in [-0.3, -0.25) is 0 Å². The van der Waals surface area contributed by atoms with Crippen LogP contribution in [-0.2, 0) is 0 Å². The van der Waals surface area contributed by atoms with Gasteiger partial charge in [0.2, 0.25) is 5.95 Å². The van der Waals surface area contributed by atoms with Crippen molar-refractivity contribution in [1.82, 2.24) is 9.97 Å². The van der Waals surface area contributed by atoms with Crippen molar-refractivity contribution in [3.05, 3.63) is 17.7 Å². The van der Waals surface area contributed by atoms with Gasteiger partial charge in [0.25, 0.3) is 0 Å². The number of aromatic nitrogens is 2. The molecule has 94 valence electrons. The molecule has 0 saturated heterocycles. The van der Waals surface area contributed by atoms with E-state index in [1.54, 1.807) is 11.8 Å². The van der Waals surface area contributed by atoms with Gasteiger partial charge in [0.05, 0.1) is 0 Å². The molecule has 0 bridgehead atoms. The number of rotatable bonds is 3. The molecule has 0 amide bonds. The molecule has 1 heterocycles. The molecular weight excluding hydrogens is 264 g/mol. The first-order valence-corrected chi connectivity index (χ1v) is 7.80. The summed E-state index contributed by atoms with van der Waals surface area (Å²) in [4.78, 5) is 8.30. The number of nitriles is 1. The van der Waals surface area contributed by atoms with Gasteiger partial charge in [0, 0.05) is 5.25 Å². The van der Waals surface area contributed by atoms with Crippen molar-refractivity contribution in [2.45, 2.75) is 34.6 Å². The first-order chi connectivity index (χ1) is 8.74. The van der Waals surface area contributed by atoms with Crippen molar-refractivity contribution in [3.8, 4) is 6.07 Å². The Hall–Kier alpha value is -1.19. The van der Waals surface area contributed by atoms with Crippen LogP contribution in [0.1, 0.15) is 24.8 Å². The molecule has 0 radical (unpaired) electrons. The van der Waals surface area contributed by atoms with Gasteiger partial charge in [-0.15, -0.1) is 11.8 Å². The van der Waals surface area contributed by atoms with Crippen LogP contribution in [0.5, 0.6) is 0 Å². The lowest BCUT2D eigenvalue weighted by atomic mass is 10.1. The first kappa shape index (κ1) is 13.2. The zero-order chi connectivity index (χ0) is 13.0. The van der Waals surface area contributed by atoms with Crippen molar-refractivity contribution in [1.29, 1.82) is 5.26 Å². The van der Waals surface area contributed by atoms with E-state index < -0.39 is 0 Å². The molecule has 0 unspecified atom stereocenters. The minimum absolute atomic E-state index is 0.237. The lowest BCUT2D eigenvalue weighted by Crippen LogP contribution is -2.06. The third kappa shape index (κ3) is 2.98. The van der Waals surface area contributed by atoms with E-state index >= 15 is 0 Å². The van der Waals surface area contributed by atoms with E-state index in [2.05, 4.69) is 28.2 Å². The normalized spacial score (nSPS) is 18.6. The lowest BCUT2D eigenvalue weighted by Gasteiger charge is -2.16. The molecule has 1 aromatic rings. The average molecular weight is 278 g/mol. The van der Waals surface area contributed by atoms with Gasteiger partial charge in [-0.1, -0.05) is 23.9 Å². The second-order valence-electron chi connectivity index (χ2n) is 3.90. The monoisotopic (exact) mass is 278 g/mol. The molecule has 6 heteroatoms. The second-order valence-corrected chi connectivity index (χ2v) is 5.92. The summed E-state index contributed by atoms with van der Waals surface area (Å²) in [7, 11) is 0. The average Bonchev–Trinajstić information content (AvgIpc) is 2.39. The van der Waals surface area contributed by atoms with E-state index in [9.17, 15) is 5.26 Å². The summed E-state index contributed by atoms with van der Waals surface area (Å²) in [6.45, 7) is 0. The summed E-state index contributed by atoms with van der Waals surface area (Å²) in [6, 6.07) is 2.19. The molecule has 0 saturated carbocycles. The Balaban J connectivity index is 2.31. The van der Waals surface area contributed by atoms with Crippen molar-refractivity contribution in [3.63, 3.8) is 0 Å². The maximum Gasteiger partial charge on any atom is 0.222 e.